The SMILES string of the molecule is COC(=O)c1ccc(S(=O)c2ccc(CN3CCC(N4C(=O)N(C(C)(C)C)C[C@H]4c4ccccc4)CC3)cn2)cc1. The highest BCUT2D eigenvalue weighted by atomic mass is 32.2. The molecule has 0 spiro atoms. The summed E-state index contributed by atoms with van der Waals surface area (Å²) >= 11 is 0. The van der Waals surface area contributed by atoms with Crippen molar-refractivity contribution in [3.63, 3.8) is 0 Å². The monoisotopic (exact) mass is 574 g/mol. The average Bonchev–Trinajstić information content (AvgIpc) is 3.35. The van der Waals surface area contributed by atoms with Gasteiger partial charge in [-0.1, -0.05) is 36.4 Å². The molecule has 2 atom stereocenters. The number of benzene rings is 2. The first-order valence-electron chi connectivity index (χ1n) is 14.1. The van der Waals surface area contributed by atoms with Gasteiger partial charge in [0.25, 0.3) is 0 Å². The molecule has 0 bridgehead atoms. The van der Waals surface area contributed by atoms with Gasteiger partial charge in [-0.05, 0) is 75.1 Å². The number of aromatic nitrogens is 1. The lowest BCUT2D eigenvalue weighted by atomic mass is 9.98. The molecule has 2 amide bonds. The smallest absolute Gasteiger partial charge is 0.337 e. The second kappa shape index (κ2) is 12.1. The number of ether oxygens (including phenoxy) is 1. The van der Waals surface area contributed by atoms with Gasteiger partial charge >= 0.3 is 12.0 Å². The molecule has 0 N–H and O–H groups in total. The minimum absolute atomic E-state index is 0.0637. The Bertz CT molecular complexity index is 1380. The van der Waals surface area contributed by atoms with Crippen LogP contribution >= 0.6 is 0 Å². The van der Waals surface area contributed by atoms with Crippen LogP contribution in [-0.4, -0.2) is 74.2 Å². The van der Waals surface area contributed by atoms with Gasteiger partial charge < -0.3 is 14.5 Å². The van der Waals surface area contributed by atoms with Gasteiger partial charge in [-0.15, -0.1) is 0 Å². The standard InChI is InChI=1S/C32H38N4O4S/c1-32(2,3)35-22-28(24-8-6-5-7-9-24)36(31(35)38)26-16-18-34(19-17-26)21-23-10-15-29(33-20-23)41(39)27-13-11-25(12-14-27)30(37)40-4/h5-15,20,26,28H,16-19,21-22H2,1-4H3/t28-,41?/m0/s1. The number of urea groups is 1. The summed E-state index contributed by atoms with van der Waals surface area (Å²) in [5.41, 5.74) is 2.44. The molecule has 2 fully saturated rings. The average molecular weight is 575 g/mol. The van der Waals surface area contributed by atoms with E-state index < -0.39 is 16.8 Å². The molecule has 3 aromatic rings. The number of esters is 1. The quantitative estimate of drug-likeness (QED) is 0.357. The van der Waals surface area contributed by atoms with E-state index in [2.05, 4.69) is 59.8 Å². The highest BCUT2D eigenvalue weighted by Gasteiger charge is 2.46. The van der Waals surface area contributed by atoms with E-state index >= 15 is 0 Å². The fourth-order valence-corrected chi connectivity index (χ4v) is 6.67. The molecule has 1 aromatic heterocycles. The Morgan fingerprint density at radius 2 is 1.68 bits per heavy atom. The van der Waals surface area contributed by atoms with Crippen LogP contribution in [0, 0.1) is 0 Å². The van der Waals surface area contributed by atoms with E-state index in [9.17, 15) is 13.8 Å². The molecule has 2 aliphatic heterocycles. The van der Waals surface area contributed by atoms with Crippen LogP contribution in [0.3, 0.4) is 0 Å². The van der Waals surface area contributed by atoms with Crippen LogP contribution in [0.2, 0.25) is 0 Å². The Kier molecular flexibility index (Phi) is 8.56. The minimum Gasteiger partial charge on any atom is -0.465 e. The molecular weight excluding hydrogens is 536 g/mol. The van der Waals surface area contributed by atoms with E-state index in [1.807, 2.05) is 17.0 Å². The number of piperidine rings is 1. The topological polar surface area (TPSA) is 83.1 Å². The molecule has 0 aliphatic carbocycles. The summed E-state index contributed by atoms with van der Waals surface area (Å²) in [5, 5.41) is 0.473. The second-order valence-electron chi connectivity index (χ2n) is 11.7. The van der Waals surface area contributed by atoms with Crippen molar-refractivity contribution in [2.45, 2.75) is 67.7 Å². The van der Waals surface area contributed by atoms with Crippen LogP contribution in [0.25, 0.3) is 0 Å². The number of hydrogen-bond donors (Lipinski definition) is 0. The molecule has 2 saturated heterocycles. The molecule has 9 heteroatoms. The summed E-state index contributed by atoms with van der Waals surface area (Å²) in [6, 6.07) is 21.1. The molecule has 3 heterocycles. The Labute approximate surface area is 244 Å². The number of carbonyl (C=O) groups excluding carboxylic acids is 2. The third kappa shape index (κ3) is 6.36. The van der Waals surface area contributed by atoms with E-state index in [0.29, 0.717) is 22.0 Å². The molecule has 2 aromatic carbocycles. The van der Waals surface area contributed by atoms with Gasteiger partial charge in [-0.3, -0.25) is 4.90 Å². The Balaban J connectivity index is 1.20. The number of methoxy groups -OCH3 is 1. The molecule has 0 radical (unpaired) electrons. The van der Waals surface area contributed by atoms with Crippen molar-refractivity contribution in [3.05, 3.63) is 89.6 Å². The van der Waals surface area contributed by atoms with Gasteiger partial charge in [0.05, 0.1) is 18.7 Å². The first kappa shape index (κ1) is 29.0. The Morgan fingerprint density at radius 3 is 2.27 bits per heavy atom. The van der Waals surface area contributed by atoms with E-state index in [1.165, 1.54) is 12.7 Å². The summed E-state index contributed by atoms with van der Waals surface area (Å²) in [4.78, 5) is 36.9. The maximum Gasteiger partial charge on any atom is 0.337 e. The van der Waals surface area contributed by atoms with Crippen molar-refractivity contribution in [1.82, 2.24) is 19.7 Å². The lowest BCUT2D eigenvalue weighted by molar-refractivity contribution is 0.0600. The van der Waals surface area contributed by atoms with Gasteiger partial charge in [0.1, 0.15) is 15.8 Å². The predicted molar refractivity (Wildman–Crippen MR) is 158 cm³/mol. The Morgan fingerprint density at radius 1 is 1.00 bits per heavy atom. The van der Waals surface area contributed by atoms with Gasteiger partial charge in [-0.25, -0.2) is 18.8 Å². The molecule has 216 valence electrons. The lowest BCUT2D eigenvalue weighted by Crippen LogP contribution is -2.49. The van der Waals surface area contributed by atoms with Crippen molar-refractivity contribution < 1.29 is 18.5 Å². The summed E-state index contributed by atoms with van der Waals surface area (Å²) in [6.07, 6.45) is 3.63. The molecule has 8 nitrogen and oxygen atoms in total. The van der Waals surface area contributed by atoms with E-state index in [0.717, 1.165) is 38.0 Å². The number of likely N-dealkylation sites (tertiary alicyclic amines) is 1. The largest absolute Gasteiger partial charge is 0.465 e. The molecule has 5 rings (SSSR count). The summed E-state index contributed by atoms with van der Waals surface area (Å²) in [6.45, 7) is 9.57. The number of nitrogens with zero attached hydrogens (tertiary/aromatic N) is 4. The van der Waals surface area contributed by atoms with Gasteiger partial charge in [0, 0.05) is 48.9 Å². The first-order chi connectivity index (χ1) is 19.7. The first-order valence-corrected chi connectivity index (χ1v) is 15.2. The van der Waals surface area contributed by atoms with Crippen molar-refractivity contribution in [2.75, 3.05) is 26.7 Å². The summed E-state index contributed by atoms with van der Waals surface area (Å²) < 4.78 is 17.7. The lowest BCUT2D eigenvalue weighted by Gasteiger charge is -2.39. The molecule has 2 aliphatic rings. The van der Waals surface area contributed by atoms with Crippen LogP contribution in [-0.2, 0) is 22.1 Å². The highest BCUT2D eigenvalue weighted by Crippen LogP contribution is 2.37. The molecule has 41 heavy (non-hydrogen) atoms. The molecular formula is C32H38N4O4S. The van der Waals surface area contributed by atoms with Crippen molar-refractivity contribution in [3.8, 4) is 0 Å². The molecule has 1 unspecified atom stereocenters. The van der Waals surface area contributed by atoms with Crippen molar-refractivity contribution in [2.24, 2.45) is 0 Å². The normalized spacial score (nSPS) is 19.4. The van der Waals surface area contributed by atoms with Crippen LogP contribution in [0.15, 0.2) is 82.8 Å². The van der Waals surface area contributed by atoms with Crippen LogP contribution < -0.4 is 0 Å². The summed E-state index contributed by atoms with van der Waals surface area (Å²) in [7, 11) is -0.110. The van der Waals surface area contributed by atoms with Crippen LogP contribution in [0.4, 0.5) is 4.79 Å². The van der Waals surface area contributed by atoms with Gasteiger partial charge in [0.2, 0.25) is 0 Å². The third-order valence-corrected chi connectivity index (χ3v) is 9.29. The molecule has 0 saturated carbocycles. The van der Waals surface area contributed by atoms with Gasteiger partial charge in [0.15, 0.2) is 0 Å². The maximum atomic E-state index is 13.6. The van der Waals surface area contributed by atoms with E-state index in [4.69, 9.17) is 4.74 Å². The highest BCUT2D eigenvalue weighted by molar-refractivity contribution is 7.85. The zero-order valence-electron chi connectivity index (χ0n) is 24.2. The fourth-order valence-electron chi connectivity index (χ4n) is 5.71. The maximum absolute atomic E-state index is 13.6. The number of amides is 2. The predicted octanol–water partition coefficient (Wildman–Crippen LogP) is 5.28. The number of hydrogen-bond acceptors (Lipinski definition) is 6. The fraction of sp³-hybridized carbons (Fsp3) is 0.406. The third-order valence-electron chi connectivity index (χ3n) is 7.97. The zero-order valence-corrected chi connectivity index (χ0v) is 25.0. The number of rotatable bonds is 7. The van der Waals surface area contributed by atoms with E-state index in [1.54, 1.807) is 36.5 Å². The second-order valence-corrected chi connectivity index (χ2v) is 13.1. The van der Waals surface area contributed by atoms with E-state index in [-0.39, 0.29) is 23.7 Å². The Hall–Kier alpha value is -3.56. The van der Waals surface area contributed by atoms with Crippen LogP contribution in [0.5, 0.6) is 0 Å². The number of carbonyl (C=O) groups is 2. The van der Waals surface area contributed by atoms with Crippen molar-refractivity contribution >= 4 is 22.8 Å². The zero-order chi connectivity index (χ0) is 29.1. The van der Waals surface area contributed by atoms with Crippen LogP contribution in [0.1, 0.15) is 61.1 Å². The summed E-state index contributed by atoms with van der Waals surface area (Å²) in [5.74, 6) is -0.427. The minimum atomic E-state index is -1.44. The van der Waals surface area contributed by atoms with Crippen molar-refractivity contribution in [1.29, 1.82) is 0 Å². The van der Waals surface area contributed by atoms with Gasteiger partial charge in [-0.2, -0.15) is 0 Å². The number of pyridine rings is 1.